The van der Waals surface area contributed by atoms with Crippen LogP contribution in [0.2, 0.25) is 10.0 Å². The second-order valence-corrected chi connectivity index (χ2v) is 7.00. The van der Waals surface area contributed by atoms with Crippen LogP contribution in [0.25, 0.3) is 0 Å². The molecule has 0 aromatic heterocycles. The highest BCUT2D eigenvalue weighted by atomic mass is 35.5. The van der Waals surface area contributed by atoms with Crippen LogP contribution < -0.4 is 10.7 Å². The van der Waals surface area contributed by atoms with Crippen molar-refractivity contribution in [1.82, 2.24) is 5.32 Å². The minimum Gasteiger partial charge on any atom is -0.450 e. The Morgan fingerprint density at radius 3 is 2.42 bits per heavy atom. The molecule has 0 saturated heterocycles. The maximum absolute atomic E-state index is 11.9. The molecule has 158 valence electrons. The van der Waals surface area contributed by atoms with E-state index in [-0.39, 0.29) is 6.61 Å². The van der Waals surface area contributed by atoms with Gasteiger partial charge in [0, 0.05) is 10.0 Å². The van der Waals surface area contributed by atoms with E-state index in [0.717, 1.165) is 5.56 Å². The first-order chi connectivity index (χ1) is 14.8. The Kier molecular flexibility index (Phi) is 8.39. The van der Waals surface area contributed by atoms with Crippen molar-refractivity contribution in [2.75, 3.05) is 12.0 Å². The number of hydrogen-bond donors (Lipinski definition) is 2. The minimum atomic E-state index is -1.01. The summed E-state index contributed by atoms with van der Waals surface area (Å²) >= 11 is 12.4. The third kappa shape index (κ3) is 6.19. The topological polar surface area (TPSA) is 127 Å². The summed E-state index contributed by atoms with van der Waals surface area (Å²) in [7, 11) is 0. The molecule has 1 atom stereocenters. The van der Waals surface area contributed by atoms with Gasteiger partial charge in [-0.3, -0.25) is 15.5 Å². The minimum absolute atomic E-state index is 0.0697. The van der Waals surface area contributed by atoms with Crippen LogP contribution in [-0.2, 0) is 9.53 Å². The van der Waals surface area contributed by atoms with E-state index in [1.165, 1.54) is 6.07 Å². The quantitative estimate of drug-likeness (QED) is 0.484. The van der Waals surface area contributed by atoms with Crippen LogP contribution in [0.4, 0.5) is 10.5 Å². The lowest BCUT2D eigenvalue weighted by molar-refractivity contribution is -0.114. The highest BCUT2D eigenvalue weighted by Crippen LogP contribution is 2.35. The van der Waals surface area contributed by atoms with E-state index in [0.29, 0.717) is 26.9 Å². The van der Waals surface area contributed by atoms with Crippen molar-refractivity contribution in [1.29, 1.82) is 10.5 Å². The van der Waals surface area contributed by atoms with Crippen molar-refractivity contribution in [3.05, 3.63) is 63.1 Å². The second-order valence-electron chi connectivity index (χ2n) is 6.16. The van der Waals surface area contributed by atoms with E-state index in [4.69, 9.17) is 28.5 Å². The molecule has 8 nitrogen and oxygen atoms in total. The van der Waals surface area contributed by atoms with Gasteiger partial charge in [0.25, 0.3) is 5.91 Å². The molecule has 0 saturated carbocycles. The Hall–Kier alpha value is -3.59. The van der Waals surface area contributed by atoms with Gasteiger partial charge in [0.15, 0.2) is 0 Å². The normalized spacial score (nSPS) is 11.6. The number of nitrogens with zero attached hydrogens (tertiary/aromatic N) is 3. The Bertz CT molecular complexity index is 1080. The zero-order valence-electron chi connectivity index (χ0n) is 16.6. The van der Waals surface area contributed by atoms with Gasteiger partial charge in [0.2, 0.25) is 5.71 Å². The van der Waals surface area contributed by atoms with Crippen LogP contribution >= 0.6 is 23.2 Å². The highest BCUT2D eigenvalue weighted by Gasteiger charge is 2.20. The standard InChI is InChI=1S/C21H17Cl2N5O3/c1-3-31-21(30)26-20(29)18(11-25)28-27-15-8-12(2)19(17(23)9-15)16(10-24)13-4-6-14(22)7-5-13/h4-9,16,27H,3H2,1-2H3,(H,26,29,30). The molecule has 10 heteroatoms. The number of nitrogens with one attached hydrogen (secondary N) is 2. The van der Waals surface area contributed by atoms with Crippen LogP contribution in [-0.4, -0.2) is 24.3 Å². The van der Waals surface area contributed by atoms with E-state index >= 15 is 0 Å². The number of benzene rings is 2. The Morgan fingerprint density at radius 1 is 1.19 bits per heavy atom. The molecule has 1 unspecified atom stereocenters. The first-order valence-electron chi connectivity index (χ1n) is 8.97. The van der Waals surface area contributed by atoms with Crippen molar-refractivity contribution in [3.63, 3.8) is 0 Å². The summed E-state index contributed by atoms with van der Waals surface area (Å²) in [5, 5.41) is 25.3. The van der Waals surface area contributed by atoms with Gasteiger partial charge in [-0.25, -0.2) is 4.79 Å². The van der Waals surface area contributed by atoms with E-state index in [2.05, 4.69) is 21.3 Å². The number of anilines is 1. The second kappa shape index (κ2) is 11.0. The van der Waals surface area contributed by atoms with Crippen LogP contribution in [0.15, 0.2) is 41.5 Å². The zero-order valence-corrected chi connectivity index (χ0v) is 18.1. The summed E-state index contributed by atoms with van der Waals surface area (Å²) in [5.41, 5.74) is 4.41. The Morgan fingerprint density at radius 2 is 1.87 bits per heavy atom. The zero-order chi connectivity index (χ0) is 23.0. The highest BCUT2D eigenvalue weighted by molar-refractivity contribution is 6.46. The number of nitriles is 2. The third-order valence-corrected chi connectivity index (χ3v) is 4.63. The Labute approximate surface area is 189 Å². The number of hydrazone groups is 1. The molecule has 0 aliphatic heterocycles. The molecule has 0 radical (unpaired) electrons. The van der Waals surface area contributed by atoms with E-state index < -0.39 is 23.6 Å². The van der Waals surface area contributed by atoms with Gasteiger partial charge < -0.3 is 4.74 Å². The lowest BCUT2D eigenvalue weighted by atomic mass is 9.89. The molecule has 0 spiro atoms. The van der Waals surface area contributed by atoms with Crippen LogP contribution in [0.1, 0.15) is 29.5 Å². The number of rotatable bonds is 6. The molecule has 2 N–H and O–H groups in total. The van der Waals surface area contributed by atoms with E-state index in [9.17, 15) is 14.9 Å². The average molecular weight is 458 g/mol. The SMILES string of the molecule is CCOC(=O)NC(=O)C(C#N)=NNc1cc(C)c(C(C#N)c2ccc(Cl)cc2)c(Cl)c1. The summed E-state index contributed by atoms with van der Waals surface area (Å²) in [6, 6.07) is 13.9. The molecule has 0 aliphatic carbocycles. The number of halogens is 2. The van der Waals surface area contributed by atoms with Gasteiger partial charge in [0.1, 0.15) is 6.07 Å². The van der Waals surface area contributed by atoms with Gasteiger partial charge in [-0.1, -0.05) is 35.3 Å². The van der Waals surface area contributed by atoms with E-state index in [1.807, 2.05) is 5.32 Å². The fourth-order valence-electron chi connectivity index (χ4n) is 2.71. The molecule has 0 bridgehead atoms. The summed E-state index contributed by atoms with van der Waals surface area (Å²) in [6.45, 7) is 3.42. The molecule has 31 heavy (non-hydrogen) atoms. The van der Waals surface area contributed by atoms with Crippen molar-refractivity contribution in [3.8, 4) is 12.1 Å². The number of amides is 2. The number of aryl methyl sites for hydroxylation is 1. The summed E-state index contributed by atoms with van der Waals surface area (Å²) in [4.78, 5) is 23.2. The number of ether oxygens (including phenoxy) is 1. The van der Waals surface area contributed by atoms with Crippen LogP contribution in [0.3, 0.4) is 0 Å². The van der Waals surface area contributed by atoms with Crippen molar-refractivity contribution in [2.45, 2.75) is 19.8 Å². The number of carbonyl (C=O) groups excluding carboxylic acids is 2. The van der Waals surface area contributed by atoms with Crippen LogP contribution in [0, 0.1) is 29.6 Å². The lowest BCUT2D eigenvalue weighted by Crippen LogP contribution is -2.36. The smallest absolute Gasteiger partial charge is 0.414 e. The molecular weight excluding hydrogens is 441 g/mol. The van der Waals surface area contributed by atoms with Gasteiger partial charge >= 0.3 is 6.09 Å². The van der Waals surface area contributed by atoms with Crippen LogP contribution in [0.5, 0.6) is 0 Å². The first-order valence-corrected chi connectivity index (χ1v) is 9.73. The largest absolute Gasteiger partial charge is 0.450 e. The predicted molar refractivity (Wildman–Crippen MR) is 117 cm³/mol. The van der Waals surface area contributed by atoms with E-state index in [1.54, 1.807) is 50.2 Å². The maximum atomic E-state index is 11.9. The molecule has 0 aliphatic rings. The molecule has 2 aromatic carbocycles. The summed E-state index contributed by atoms with van der Waals surface area (Å²) in [5.74, 6) is -1.63. The van der Waals surface area contributed by atoms with Gasteiger partial charge in [-0.05, 0) is 54.8 Å². The third-order valence-electron chi connectivity index (χ3n) is 4.07. The summed E-state index contributed by atoms with van der Waals surface area (Å²) < 4.78 is 4.58. The monoisotopic (exact) mass is 457 g/mol. The maximum Gasteiger partial charge on any atom is 0.414 e. The number of alkyl carbamates (subject to hydrolysis) is 1. The van der Waals surface area contributed by atoms with Crippen molar-refractivity contribution < 1.29 is 14.3 Å². The summed E-state index contributed by atoms with van der Waals surface area (Å²) in [6.07, 6.45) is -0.983. The molecule has 2 amide bonds. The number of imide groups is 1. The van der Waals surface area contributed by atoms with Gasteiger partial charge in [-0.15, -0.1) is 0 Å². The Balaban J connectivity index is 2.27. The predicted octanol–water partition coefficient (Wildman–Crippen LogP) is 4.52. The van der Waals surface area contributed by atoms with Crippen molar-refractivity contribution >= 4 is 46.6 Å². The lowest BCUT2D eigenvalue weighted by Gasteiger charge is -2.16. The fourth-order valence-corrected chi connectivity index (χ4v) is 3.21. The average Bonchev–Trinajstić information content (AvgIpc) is 2.72. The molecule has 2 rings (SSSR count). The number of hydrogen-bond acceptors (Lipinski definition) is 7. The fraction of sp³-hybridized carbons (Fsp3) is 0.190. The molecular formula is C21H17Cl2N5O3. The first kappa shape index (κ1) is 23.7. The molecule has 0 fully saturated rings. The van der Waals surface area contributed by atoms with Gasteiger partial charge in [0.05, 0.1) is 24.3 Å². The number of carbonyl (C=O) groups is 2. The molecule has 2 aromatic rings. The van der Waals surface area contributed by atoms with Crippen molar-refractivity contribution in [2.24, 2.45) is 5.10 Å². The molecule has 0 heterocycles. The van der Waals surface area contributed by atoms with Gasteiger partial charge in [-0.2, -0.15) is 15.6 Å².